The average molecular weight is 233 g/mol. The van der Waals surface area contributed by atoms with Gasteiger partial charge in [-0.15, -0.1) is 0 Å². The lowest BCUT2D eigenvalue weighted by atomic mass is 10.4. The molecule has 0 unspecified atom stereocenters. The van der Waals surface area contributed by atoms with Crippen LogP contribution in [0.2, 0.25) is 0 Å². The van der Waals surface area contributed by atoms with E-state index in [9.17, 15) is 0 Å². The van der Waals surface area contributed by atoms with E-state index in [1.165, 1.54) is 5.69 Å². The maximum absolute atomic E-state index is 4.14. The number of hydrogen-bond donors (Lipinski definition) is 1. The van der Waals surface area contributed by atoms with Gasteiger partial charge in [0.25, 0.3) is 0 Å². The first-order valence-corrected chi connectivity index (χ1v) is 6.05. The van der Waals surface area contributed by atoms with Crippen LogP contribution in [0.25, 0.3) is 0 Å². The summed E-state index contributed by atoms with van der Waals surface area (Å²) in [5.41, 5.74) is 1.25. The lowest BCUT2D eigenvalue weighted by molar-refractivity contribution is 0.565. The minimum absolute atomic E-state index is 0.887. The fraction of sp³-hybridized carbons (Fsp3) is 0.500. The first kappa shape index (κ1) is 11.9. The summed E-state index contributed by atoms with van der Waals surface area (Å²) >= 11 is 0. The number of imidazole rings is 2. The third-order valence-electron chi connectivity index (χ3n) is 2.77. The summed E-state index contributed by atoms with van der Waals surface area (Å²) in [7, 11) is 0. The van der Waals surface area contributed by atoms with Crippen molar-refractivity contribution in [1.29, 1.82) is 0 Å². The summed E-state index contributed by atoms with van der Waals surface area (Å²) < 4.78 is 4.25. The van der Waals surface area contributed by atoms with E-state index in [1.54, 1.807) is 0 Å². The molecule has 2 aromatic heterocycles. The molecule has 0 atom stereocenters. The van der Waals surface area contributed by atoms with Crippen LogP contribution >= 0.6 is 0 Å². The highest BCUT2D eigenvalue weighted by Crippen LogP contribution is 1.98. The maximum atomic E-state index is 4.14. The van der Waals surface area contributed by atoms with Crippen molar-refractivity contribution in [2.45, 2.75) is 33.0 Å². The summed E-state index contributed by atoms with van der Waals surface area (Å²) in [6.45, 7) is 6.02. The molecule has 0 bridgehead atoms. The van der Waals surface area contributed by atoms with Gasteiger partial charge in [0.1, 0.15) is 0 Å². The van der Waals surface area contributed by atoms with Crippen LogP contribution in [0.4, 0.5) is 0 Å². The van der Waals surface area contributed by atoms with E-state index in [1.807, 2.05) is 31.2 Å². The molecule has 92 valence electrons. The first-order chi connectivity index (χ1) is 8.40. The average Bonchev–Trinajstić information content (AvgIpc) is 2.98. The van der Waals surface area contributed by atoms with Gasteiger partial charge < -0.3 is 14.5 Å². The van der Waals surface area contributed by atoms with Crippen molar-refractivity contribution in [3.8, 4) is 0 Å². The maximum Gasteiger partial charge on any atom is 0.0948 e. The van der Waals surface area contributed by atoms with Crippen molar-refractivity contribution in [3.63, 3.8) is 0 Å². The Kier molecular flexibility index (Phi) is 4.32. The van der Waals surface area contributed by atoms with Crippen molar-refractivity contribution in [2.75, 3.05) is 6.54 Å². The van der Waals surface area contributed by atoms with Crippen molar-refractivity contribution in [2.24, 2.45) is 0 Å². The quantitative estimate of drug-likeness (QED) is 0.733. The van der Waals surface area contributed by atoms with Crippen LogP contribution in [-0.2, 0) is 19.6 Å². The molecule has 0 aliphatic carbocycles. The van der Waals surface area contributed by atoms with Gasteiger partial charge in [-0.25, -0.2) is 9.97 Å². The second kappa shape index (κ2) is 6.20. The Bertz CT molecular complexity index is 418. The van der Waals surface area contributed by atoms with Gasteiger partial charge in [-0.3, -0.25) is 0 Å². The molecule has 5 heteroatoms. The van der Waals surface area contributed by atoms with Crippen LogP contribution in [0, 0.1) is 0 Å². The Balaban J connectivity index is 1.63. The topological polar surface area (TPSA) is 47.7 Å². The van der Waals surface area contributed by atoms with Crippen molar-refractivity contribution >= 4 is 0 Å². The molecule has 17 heavy (non-hydrogen) atoms. The molecule has 0 aliphatic rings. The Hall–Kier alpha value is -1.62. The Morgan fingerprint density at radius 3 is 3.00 bits per heavy atom. The molecular weight excluding hydrogens is 214 g/mol. The lowest BCUT2D eigenvalue weighted by Gasteiger charge is -2.07. The fourth-order valence-electron chi connectivity index (χ4n) is 1.80. The van der Waals surface area contributed by atoms with Gasteiger partial charge >= 0.3 is 0 Å². The molecule has 0 spiro atoms. The Morgan fingerprint density at radius 2 is 2.24 bits per heavy atom. The van der Waals surface area contributed by atoms with Crippen molar-refractivity contribution in [3.05, 3.63) is 36.9 Å². The number of rotatable bonds is 7. The van der Waals surface area contributed by atoms with Gasteiger partial charge in [0.15, 0.2) is 0 Å². The predicted octanol–water partition coefficient (Wildman–Crippen LogP) is 1.28. The van der Waals surface area contributed by atoms with Crippen LogP contribution < -0.4 is 5.32 Å². The van der Waals surface area contributed by atoms with Gasteiger partial charge in [0.05, 0.1) is 18.3 Å². The van der Waals surface area contributed by atoms with Crippen molar-refractivity contribution < 1.29 is 0 Å². The number of aryl methyl sites for hydroxylation is 2. The third kappa shape index (κ3) is 3.42. The number of hydrogen-bond acceptors (Lipinski definition) is 3. The summed E-state index contributed by atoms with van der Waals surface area (Å²) in [4.78, 5) is 8.16. The molecule has 0 fully saturated rings. The van der Waals surface area contributed by atoms with E-state index in [-0.39, 0.29) is 0 Å². The minimum Gasteiger partial charge on any atom is -0.337 e. The lowest BCUT2D eigenvalue weighted by Crippen LogP contribution is -2.18. The standard InChI is InChI=1S/C12H19N5/c1-2-17-11-15-9-12(17)8-13-4-3-6-16-7-5-14-10-16/h5,7,9-11,13H,2-4,6,8H2,1H3. The van der Waals surface area contributed by atoms with E-state index in [4.69, 9.17) is 0 Å². The molecule has 2 heterocycles. The van der Waals surface area contributed by atoms with Gasteiger partial charge in [0, 0.05) is 38.2 Å². The Morgan fingerprint density at radius 1 is 1.29 bits per heavy atom. The summed E-state index contributed by atoms with van der Waals surface area (Å²) in [6, 6.07) is 0. The third-order valence-corrected chi connectivity index (χ3v) is 2.77. The van der Waals surface area contributed by atoms with Crippen LogP contribution in [0.15, 0.2) is 31.2 Å². The molecule has 0 saturated carbocycles. The zero-order chi connectivity index (χ0) is 11.9. The molecule has 2 aromatic rings. The second-order valence-corrected chi connectivity index (χ2v) is 4.00. The SMILES string of the molecule is CCn1cncc1CNCCCn1ccnc1. The van der Waals surface area contributed by atoms with Crippen molar-refractivity contribution in [1.82, 2.24) is 24.4 Å². The smallest absolute Gasteiger partial charge is 0.0948 e. The van der Waals surface area contributed by atoms with Crippen LogP contribution in [0.1, 0.15) is 19.0 Å². The predicted molar refractivity (Wildman–Crippen MR) is 66.5 cm³/mol. The molecule has 0 aliphatic heterocycles. The van der Waals surface area contributed by atoms with E-state index in [0.717, 1.165) is 32.6 Å². The second-order valence-electron chi connectivity index (χ2n) is 4.00. The first-order valence-electron chi connectivity index (χ1n) is 6.05. The molecular formula is C12H19N5. The highest BCUT2D eigenvalue weighted by Gasteiger charge is 1.98. The molecule has 2 rings (SSSR count). The number of aromatic nitrogens is 4. The molecule has 1 N–H and O–H groups in total. The van der Waals surface area contributed by atoms with Gasteiger partial charge in [-0.05, 0) is 19.9 Å². The molecule has 0 saturated heterocycles. The number of nitrogens with one attached hydrogen (secondary N) is 1. The molecule has 0 radical (unpaired) electrons. The zero-order valence-corrected chi connectivity index (χ0v) is 10.2. The monoisotopic (exact) mass is 233 g/mol. The number of nitrogens with zero attached hydrogens (tertiary/aromatic N) is 4. The summed E-state index contributed by atoms with van der Waals surface area (Å²) in [6.07, 6.45) is 10.6. The normalized spacial score (nSPS) is 10.9. The minimum atomic E-state index is 0.887. The largest absolute Gasteiger partial charge is 0.337 e. The van der Waals surface area contributed by atoms with Gasteiger partial charge in [-0.2, -0.15) is 0 Å². The van der Waals surface area contributed by atoms with Gasteiger partial charge in [0.2, 0.25) is 0 Å². The van der Waals surface area contributed by atoms with E-state index < -0.39 is 0 Å². The van der Waals surface area contributed by atoms with E-state index in [2.05, 4.69) is 31.3 Å². The summed E-state index contributed by atoms with van der Waals surface area (Å²) in [5, 5.41) is 3.43. The van der Waals surface area contributed by atoms with Crippen LogP contribution in [-0.4, -0.2) is 25.6 Å². The highest BCUT2D eigenvalue weighted by molar-refractivity contribution is 4.97. The zero-order valence-electron chi connectivity index (χ0n) is 10.2. The fourth-order valence-corrected chi connectivity index (χ4v) is 1.80. The van der Waals surface area contributed by atoms with Crippen LogP contribution in [0.3, 0.4) is 0 Å². The van der Waals surface area contributed by atoms with E-state index in [0.29, 0.717) is 0 Å². The molecule has 5 nitrogen and oxygen atoms in total. The van der Waals surface area contributed by atoms with Gasteiger partial charge in [-0.1, -0.05) is 0 Å². The highest BCUT2D eigenvalue weighted by atomic mass is 15.1. The summed E-state index contributed by atoms with van der Waals surface area (Å²) in [5.74, 6) is 0. The Labute approximate surface area is 102 Å². The molecule has 0 amide bonds. The van der Waals surface area contributed by atoms with Crippen LogP contribution in [0.5, 0.6) is 0 Å². The van der Waals surface area contributed by atoms with E-state index >= 15 is 0 Å². The molecule has 0 aromatic carbocycles.